The Kier molecular flexibility index (Phi) is 7.02. The van der Waals surface area contributed by atoms with E-state index in [0.29, 0.717) is 38.2 Å². The summed E-state index contributed by atoms with van der Waals surface area (Å²) in [4.78, 5) is 24.3. The van der Waals surface area contributed by atoms with Crippen molar-refractivity contribution in [2.45, 2.75) is 64.0 Å². The highest BCUT2D eigenvalue weighted by atomic mass is 32.2. The van der Waals surface area contributed by atoms with Crippen LogP contribution in [0.4, 0.5) is 10.6 Å². The molecule has 0 aromatic carbocycles. The number of alkyl carbamates (subject to hydrolysis) is 1. The van der Waals surface area contributed by atoms with Crippen LogP contribution in [0.1, 0.15) is 57.6 Å². The first-order valence-corrected chi connectivity index (χ1v) is 12.2. The number of sulfonamides is 1. The zero-order valence-corrected chi connectivity index (χ0v) is 18.5. The molecule has 0 bridgehead atoms. The van der Waals surface area contributed by atoms with Crippen LogP contribution in [-0.2, 0) is 19.6 Å². The van der Waals surface area contributed by atoms with Gasteiger partial charge in [0, 0.05) is 42.7 Å². The lowest BCUT2D eigenvalue weighted by Gasteiger charge is -2.29. The number of anilines is 1. The third-order valence-electron chi connectivity index (χ3n) is 5.65. The molecule has 1 aromatic rings. The molecule has 2 aliphatic rings. The molecule has 30 heavy (non-hydrogen) atoms. The Bertz CT molecular complexity index is 860. The Hall–Kier alpha value is -2.14. The van der Waals surface area contributed by atoms with E-state index in [1.807, 2.05) is 19.9 Å². The number of hydrogen-bond donors (Lipinski definition) is 3. The van der Waals surface area contributed by atoms with Gasteiger partial charge in [-0.15, -0.1) is 0 Å². The lowest BCUT2D eigenvalue weighted by Crippen LogP contribution is -2.40. The monoisotopic (exact) mass is 441 g/mol. The molecule has 1 aliphatic heterocycles. The molecule has 0 radical (unpaired) electrons. The smallest absolute Gasteiger partial charge is 0.407 e. The molecule has 1 saturated heterocycles. The van der Waals surface area contributed by atoms with Gasteiger partial charge in [-0.3, -0.25) is 9.89 Å². The molecule has 1 saturated carbocycles. The molecule has 168 valence electrons. The third-order valence-corrected chi connectivity index (χ3v) is 6.95. The number of aromatic amines is 1. The molecular formula is C19H31N5O5S. The van der Waals surface area contributed by atoms with E-state index < -0.39 is 16.1 Å². The minimum Gasteiger partial charge on any atom is -0.446 e. The molecule has 0 unspecified atom stereocenters. The van der Waals surface area contributed by atoms with Gasteiger partial charge in [-0.1, -0.05) is 0 Å². The number of H-pyrrole nitrogens is 1. The first-order chi connectivity index (χ1) is 14.1. The molecule has 0 spiro atoms. The average Bonchev–Trinajstić information content (AvgIpc) is 3.29. The summed E-state index contributed by atoms with van der Waals surface area (Å²) in [5, 5.41) is 12.7. The second kappa shape index (κ2) is 9.34. The Morgan fingerprint density at radius 3 is 2.57 bits per heavy atom. The second-order valence-electron chi connectivity index (χ2n) is 8.47. The summed E-state index contributed by atoms with van der Waals surface area (Å²) in [5.74, 6) is 0.284. The van der Waals surface area contributed by atoms with Crippen LogP contribution in [0.25, 0.3) is 0 Å². The number of carbonyl (C=O) groups is 2. The quantitative estimate of drug-likeness (QED) is 0.616. The van der Waals surface area contributed by atoms with Crippen molar-refractivity contribution in [2.75, 3.05) is 24.7 Å². The molecule has 2 amide bonds. The number of ether oxygens (including phenoxy) is 1. The maximum Gasteiger partial charge on any atom is 0.407 e. The van der Waals surface area contributed by atoms with Crippen molar-refractivity contribution in [3.8, 4) is 0 Å². The van der Waals surface area contributed by atoms with E-state index in [-0.39, 0.29) is 29.9 Å². The van der Waals surface area contributed by atoms with Gasteiger partial charge >= 0.3 is 6.09 Å². The Labute approximate surface area is 177 Å². The average molecular weight is 442 g/mol. The fourth-order valence-electron chi connectivity index (χ4n) is 4.04. The van der Waals surface area contributed by atoms with Crippen molar-refractivity contribution >= 4 is 27.8 Å². The Balaban J connectivity index is 1.47. The van der Waals surface area contributed by atoms with E-state index in [0.717, 1.165) is 18.5 Å². The SMILES string of the molecule is CC(C)NC(=O)O[C@@H]1CC[C@H](c2cc(NC(=O)C3CCN(S(C)(=O)=O)CC3)n[nH]2)C1. The number of carbonyl (C=O) groups excluding carboxylic acids is 2. The number of hydrogen-bond acceptors (Lipinski definition) is 6. The molecule has 1 aliphatic carbocycles. The summed E-state index contributed by atoms with van der Waals surface area (Å²) in [5.41, 5.74) is 0.910. The largest absolute Gasteiger partial charge is 0.446 e. The standard InChI is InChI=1S/C19H31N5O5S/c1-12(2)20-19(26)29-15-5-4-14(10-15)16-11-17(23-22-16)21-18(25)13-6-8-24(9-7-13)30(3,27)28/h11-15H,4-10H2,1-3H3,(H,20,26)(H2,21,22,23,25)/t14-,15+/m0/s1. The van der Waals surface area contributed by atoms with Gasteiger partial charge in [0.2, 0.25) is 15.9 Å². The lowest BCUT2D eigenvalue weighted by atomic mass is 9.97. The van der Waals surface area contributed by atoms with Crippen molar-refractivity contribution < 1.29 is 22.7 Å². The van der Waals surface area contributed by atoms with Gasteiger partial charge in [0.05, 0.1) is 6.26 Å². The number of rotatable bonds is 6. The summed E-state index contributed by atoms with van der Waals surface area (Å²) in [6.45, 7) is 4.48. The zero-order valence-electron chi connectivity index (χ0n) is 17.7. The summed E-state index contributed by atoms with van der Waals surface area (Å²) in [7, 11) is -3.21. The minimum absolute atomic E-state index is 0.0343. The topological polar surface area (TPSA) is 133 Å². The number of piperidine rings is 1. The van der Waals surface area contributed by atoms with Crippen molar-refractivity contribution in [1.29, 1.82) is 0 Å². The summed E-state index contributed by atoms with van der Waals surface area (Å²) in [6.07, 6.45) is 4.03. The van der Waals surface area contributed by atoms with E-state index in [2.05, 4.69) is 20.8 Å². The number of nitrogens with one attached hydrogen (secondary N) is 3. The van der Waals surface area contributed by atoms with E-state index >= 15 is 0 Å². The predicted molar refractivity (Wildman–Crippen MR) is 111 cm³/mol. The van der Waals surface area contributed by atoms with Gasteiger partial charge in [-0.25, -0.2) is 17.5 Å². The van der Waals surface area contributed by atoms with Crippen molar-refractivity contribution in [3.63, 3.8) is 0 Å². The highest BCUT2D eigenvalue weighted by Crippen LogP contribution is 2.36. The van der Waals surface area contributed by atoms with E-state index in [1.165, 1.54) is 10.6 Å². The third kappa shape index (κ3) is 5.94. The van der Waals surface area contributed by atoms with Crippen molar-refractivity contribution in [3.05, 3.63) is 11.8 Å². The molecule has 3 rings (SSSR count). The molecule has 3 N–H and O–H groups in total. The maximum absolute atomic E-state index is 12.5. The minimum atomic E-state index is -3.21. The van der Waals surface area contributed by atoms with Crippen LogP contribution in [0, 0.1) is 5.92 Å². The highest BCUT2D eigenvalue weighted by Gasteiger charge is 2.31. The van der Waals surface area contributed by atoms with Crippen LogP contribution in [0.15, 0.2) is 6.07 Å². The van der Waals surface area contributed by atoms with Crippen LogP contribution < -0.4 is 10.6 Å². The van der Waals surface area contributed by atoms with Gasteiger partial charge in [0.15, 0.2) is 5.82 Å². The fraction of sp³-hybridized carbons (Fsp3) is 0.737. The molecule has 2 atom stereocenters. The molecule has 10 nitrogen and oxygen atoms in total. The van der Waals surface area contributed by atoms with Crippen LogP contribution in [0.2, 0.25) is 0 Å². The fourth-order valence-corrected chi connectivity index (χ4v) is 4.91. The Morgan fingerprint density at radius 2 is 1.93 bits per heavy atom. The first-order valence-electron chi connectivity index (χ1n) is 10.4. The molecular weight excluding hydrogens is 410 g/mol. The number of nitrogens with zero attached hydrogens (tertiary/aromatic N) is 2. The normalized spacial score (nSPS) is 23.5. The van der Waals surface area contributed by atoms with Crippen molar-refractivity contribution in [1.82, 2.24) is 19.8 Å². The Morgan fingerprint density at radius 1 is 1.23 bits per heavy atom. The van der Waals surface area contributed by atoms with E-state index in [1.54, 1.807) is 0 Å². The molecule has 2 fully saturated rings. The summed E-state index contributed by atoms with van der Waals surface area (Å²) < 4.78 is 30.0. The zero-order chi connectivity index (χ0) is 21.9. The van der Waals surface area contributed by atoms with Crippen LogP contribution in [-0.4, -0.2) is 66.4 Å². The van der Waals surface area contributed by atoms with Crippen molar-refractivity contribution in [2.24, 2.45) is 5.92 Å². The first kappa shape index (κ1) is 22.5. The maximum atomic E-state index is 12.5. The number of amides is 2. The van der Waals surface area contributed by atoms with Crippen LogP contribution in [0.5, 0.6) is 0 Å². The van der Waals surface area contributed by atoms with Gasteiger partial charge in [0.25, 0.3) is 0 Å². The van der Waals surface area contributed by atoms with Gasteiger partial charge in [-0.05, 0) is 46.0 Å². The lowest BCUT2D eigenvalue weighted by molar-refractivity contribution is -0.120. The van der Waals surface area contributed by atoms with E-state index in [9.17, 15) is 18.0 Å². The highest BCUT2D eigenvalue weighted by molar-refractivity contribution is 7.88. The van der Waals surface area contributed by atoms with E-state index in [4.69, 9.17) is 4.74 Å². The summed E-state index contributed by atoms with van der Waals surface area (Å²) in [6, 6.07) is 1.86. The van der Waals surface area contributed by atoms with Gasteiger partial charge < -0.3 is 15.4 Å². The predicted octanol–water partition coefficient (Wildman–Crippen LogP) is 1.79. The molecule has 2 heterocycles. The second-order valence-corrected chi connectivity index (χ2v) is 10.5. The van der Waals surface area contributed by atoms with Crippen LogP contribution in [0.3, 0.4) is 0 Å². The molecule has 11 heteroatoms. The summed E-state index contributed by atoms with van der Waals surface area (Å²) >= 11 is 0. The number of aromatic nitrogens is 2. The molecule has 1 aromatic heterocycles. The van der Waals surface area contributed by atoms with Gasteiger partial charge in [0.1, 0.15) is 6.10 Å². The van der Waals surface area contributed by atoms with Gasteiger partial charge in [-0.2, -0.15) is 5.10 Å². The van der Waals surface area contributed by atoms with Crippen LogP contribution >= 0.6 is 0 Å².